The number of rotatable bonds is 10. The van der Waals surface area contributed by atoms with Crippen molar-refractivity contribution < 1.29 is 9.00 Å². The molecule has 27 heavy (non-hydrogen) atoms. The number of aromatic amines is 1. The lowest BCUT2D eigenvalue weighted by Gasteiger charge is -2.10. The highest BCUT2D eigenvalue weighted by Gasteiger charge is 2.08. The first kappa shape index (κ1) is 21.5. The van der Waals surface area contributed by atoms with Gasteiger partial charge in [-0.1, -0.05) is 25.5 Å². The van der Waals surface area contributed by atoms with Crippen LogP contribution >= 0.6 is 12.2 Å². The highest BCUT2D eigenvalue weighted by atomic mass is 32.2. The quantitative estimate of drug-likeness (QED) is 0.467. The molecule has 2 atom stereocenters. The molecule has 0 spiro atoms. The molecular weight excluding hydrogens is 382 g/mol. The van der Waals surface area contributed by atoms with E-state index in [2.05, 4.69) is 10.3 Å². The fraction of sp³-hybridized carbons (Fsp3) is 0.526. The van der Waals surface area contributed by atoms with Crippen molar-refractivity contribution in [2.45, 2.75) is 50.8 Å². The summed E-state index contributed by atoms with van der Waals surface area (Å²) in [7, 11) is -0.855. The van der Waals surface area contributed by atoms with Gasteiger partial charge in [-0.15, -0.1) is 0 Å². The Morgan fingerprint density at radius 3 is 2.78 bits per heavy atom. The van der Waals surface area contributed by atoms with Crippen LogP contribution in [0.4, 0.5) is 0 Å². The molecule has 0 unspecified atom stereocenters. The van der Waals surface area contributed by atoms with Gasteiger partial charge in [-0.3, -0.25) is 18.4 Å². The molecule has 0 saturated heterocycles. The van der Waals surface area contributed by atoms with E-state index in [1.165, 1.54) is 0 Å². The molecule has 0 aliphatic carbocycles. The first-order valence-corrected chi connectivity index (χ1v) is 11.2. The van der Waals surface area contributed by atoms with Gasteiger partial charge >= 0.3 is 0 Å². The highest BCUT2D eigenvalue weighted by Crippen LogP contribution is 2.07. The molecule has 148 valence electrons. The molecule has 2 rings (SSSR count). The second kappa shape index (κ2) is 10.5. The summed E-state index contributed by atoms with van der Waals surface area (Å²) in [6, 6.07) is 7.33. The molecular formula is C19H27N3O3S2. The van der Waals surface area contributed by atoms with Gasteiger partial charge in [0.2, 0.25) is 5.91 Å². The third kappa shape index (κ3) is 6.39. The van der Waals surface area contributed by atoms with Gasteiger partial charge in [0.15, 0.2) is 4.77 Å². The molecule has 0 radical (unpaired) electrons. The summed E-state index contributed by atoms with van der Waals surface area (Å²) >= 11 is 5.30. The van der Waals surface area contributed by atoms with Gasteiger partial charge < -0.3 is 10.3 Å². The maximum atomic E-state index is 12.5. The van der Waals surface area contributed by atoms with E-state index in [4.69, 9.17) is 12.2 Å². The summed E-state index contributed by atoms with van der Waals surface area (Å²) in [6.45, 7) is 3.02. The summed E-state index contributed by atoms with van der Waals surface area (Å²) in [5.41, 5.74) is 0.677. The molecule has 2 aromatic rings. The number of nitrogens with one attached hydrogen (secondary N) is 2. The molecule has 1 amide bonds. The Morgan fingerprint density at radius 1 is 1.30 bits per heavy atom. The molecule has 0 saturated carbocycles. The minimum atomic E-state index is -0.855. The molecule has 1 aromatic carbocycles. The Kier molecular flexibility index (Phi) is 8.37. The Hall–Kier alpha value is -1.80. The number of para-hydroxylation sites is 1. The fourth-order valence-corrected chi connectivity index (χ4v) is 3.54. The van der Waals surface area contributed by atoms with Gasteiger partial charge in [-0.25, -0.2) is 0 Å². The largest absolute Gasteiger partial charge is 0.356 e. The van der Waals surface area contributed by atoms with Crippen LogP contribution in [0.15, 0.2) is 29.1 Å². The summed E-state index contributed by atoms with van der Waals surface area (Å²) in [5, 5.41) is 3.59. The van der Waals surface area contributed by atoms with Crippen molar-refractivity contribution in [3.8, 4) is 0 Å². The molecule has 0 fully saturated rings. The minimum Gasteiger partial charge on any atom is -0.356 e. The molecule has 2 N–H and O–H groups in total. The number of benzene rings is 1. The summed E-state index contributed by atoms with van der Waals surface area (Å²) in [5.74, 6) is 0.0178. The van der Waals surface area contributed by atoms with Gasteiger partial charge in [0.25, 0.3) is 5.56 Å². The predicted molar refractivity (Wildman–Crippen MR) is 113 cm³/mol. The van der Waals surface area contributed by atoms with Crippen molar-refractivity contribution in [2.75, 3.05) is 12.8 Å². The van der Waals surface area contributed by atoms with Crippen LogP contribution in [0.25, 0.3) is 10.9 Å². The number of nitrogens with zero attached hydrogens (tertiary/aromatic N) is 1. The van der Waals surface area contributed by atoms with Crippen LogP contribution in [0.1, 0.15) is 39.0 Å². The number of amides is 1. The molecule has 0 aliphatic heterocycles. The van der Waals surface area contributed by atoms with Gasteiger partial charge in [0, 0.05) is 41.8 Å². The third-order valence-corrected chi connectivity index (χ3v) is 6.31. The number of carbonyl (C=O) groups is 1. The Bertz CT molecular complexity index is 920. The summed E-state index contributed by atoms with van der Waals surface area (Å²) in [4.78, 5) is 27.4. The van der Waals surface area contributed by atoms with E-state index < -0.39 is 10.8 Å². The number of hydrogen-bond acceptors (Lipinski definition) is 4. The number of unbranched alkanes of at least 4 members (excludes halogenated alkanes) is 2. The fourth-order valence-electron chi connectivity index (χ4n) is 2.80. The normalized spacial score (nSPS) is 13.4. The lowest BCUT2D eigenvalue weighted by atomic mass is 10.2. The van der Waals surface area contributed by atoms with Crippen LogP contribution < -0.4 is 10.9 Å². The van der Waals surface area contributed by atoms with Crippen LogP contribution in [0, 0.1) is 4.77 Å². The van der Waals surface area contributed by atoms with E-state index in [0.29, 0.717) is 29.7 Å². The standard InChI is InChI=1S/C19H27N3O3S2/c1-14(27(2)25)11-12-20-17(23)10-4-3-7-13-22-18(24)15-8-5-6-9-16(15)21-19(22)26/h5-6,8-9,14H,3-4,7,10-13H2,1-2H3,(H,20,23)(H,21,26)/t14-,27-/m1/s1. The monoisotopic (exact) mass is 409 g/mol. The minimum absolute atomic E-state index is 0.0178. The highest BCUT2D eigenvalue weighted by molar-refractivity contribution is 7.84. The number of fused-ring (bicyclic) bond motifs is 1. The maximum Gasteiger partial charge on any atom is 0.262 e. The summed E-state index contributed by atoms with van der Waals surface area (Å²) < 4.78 is 13.3. The predicted octanol–water partition coefficient (Wildman–Crippen LogP) is 2.89. The number of carbonyl (C=O) groups excluding carboxylic acids is 1. The van der Waals surface area contributed by atoms with E-state index in [-0.39, 0.29) is 16.7 Å². The molecule has 8 heteroatoms. The second-order valence-electron chi connectivity index (χ2n) is 6.69. The van der Waals surface area contributed by atoms with Crippen molar-refractivity contribution in [3.63, 3.8) is 0 Å². The van der Waals surface area contributed by atoms with Crippen molar-refractivity contribution in [1.29, 1.82) is 0 Å². The second-order valence-corrected chi connectivity index (χ2v) is 8.88. The zero-order valence-electron chi connectivity index (χ0n) is 15.8. The molecule has 6 nitrogen and oxygen atoms in total. The first-order chi connectivity index (χ1) is 12.9. The van der Waals surface area contributed by atoms with E-state index in [9.17, 15) is 13.8 Å². The molecule has 0 aliphatic rings. The topological polar surface area (TPSA) is 84.0 Å². The van der Waals surface area contributed by atoms with Crippen LogP contribution in [-0.2, 0) is 22.1 Å². The van der Waals surface area contributed by atoms with E-state index >= 15 is 0 Å². The SMILES string of the molecule is C[C@H](CCNC(=O)CCCCCn1c(=S)[nH]c2ccccc2c1=O)[S@@](C)=O. The molecule has 0 bridgehead atoms. The average molecular weight is 410 g/mol. The van der Waals surface area contributed by atoms with Crippen molar-refractivity contribution in [3.05, 3.63) is 39.4 Å². The van der Waals surface area contributed by atoms with Crippen LogP contribution in [-0.4, -0.2) is 37.7 Å². The number of hydrogen-bond donors (Lipinski definition) is 2. The van der Waals surface area contributed by atoms with Crippen molar-refractivity contribution >= 4 is 39.8 Å². The van der Waals surface area contributed by atoms with Crippen LogP contribution in [0.2, 0.25) is 0 Å². The van der Waals surface area contributed by atoms with E-state index in [1.807, 2.05) is 25.1 Å². The number of H-pyrrole nitrogens is 1. The first-order valence-electron chi connectivity index (χ1n) is 9.21. The zero-order chi connectivity index (χ0) is 19.8. The van der Waals surface area contributed by atoms with Gasteiger partial charge in [0.1, 0.15) is 0 Å². The number of aromatic nitrogens is 2. The molecule has 1 aromatic heterocycles. The maximum absolute atomic E-state index is 12.5. The Morgan fingerprint density at radius 2 is 2.04 bits per heavy atom. The van der Waals surface area contributed by atoms with Gasteiger partial charge in [-0.05, 0) is 43.6 Å². The third-order valence-electron chi connectivity index (χ3n) is 4.61. The lowest BCUT2D eigenvalue weighted by molar-refractivity contribution is -0.121. The van der Waals surface area contributed by atoms with Crippen molar-refractivity contribution in [2.24, 2.45) is 0 Å². The Balaban J connectivity index is 1.74. The lowest BCUT2D eigenvalue weighted by Crippen LogP contribution is -2.27. The van der Waals surface area contributed by atoms with Gasteiger partial charge in [-0.2, -0.15) is 0 Å². The van der Waals surface area contributed by atoms with E-state index in [1.54, 1.807) is 16.9 Å². The van der Waals surface area contributed by atoms with Gasteiger partial charge in [0.05, 0.1) is 10.9 Å². The average Bonchev–Trinajstić information content (AvgIpc) is 2.63. The smallest absolute Gasteiger partial charge is 0.262 e. The van der Waals surface area contributed by atoms with Crippen LogP contribution in [0.5, 0.6) is 0 Å². The van der Waals surface area contributed by atoms with Crippen molar-refractivity contribution in [1.82, 2.24) is 14.9 Å². The summed E-state index contributed by atoms with van der Waals surface area (Å²) in [6.07, 6.45) is 5.26. The zero-order valence-corrected chi connectivity index (χ0v) is 17.5. The molecule has 1 heterocycles. The Labute approximate surface area is 166 Å². The van der Waals surface area contributed by atoms with Crippen LogP contribution in [0.3, 0.4) is 0 Å². The van der Waals surface area contributed by atoms with E-state index in [0.717, 1.165) is 31.2 Å².